The minimum Gasteiger partial charge on any atom is -0.327 e. The third-order valence-electron chi connectivity index (χ3n) is 2.94. The van der Waals surface area contributed by atoms with Crippen molar-refractivity contribution in [3.8, 4) is 0 Å². The fraction of sp³-hybridized carbons (Fsp3) is 0.417. The van der Waals surface area contributed by atoms with E-state index in [-0.39, 0.29) is 28.6 Å². The Morgan fingerprint density at radius 2 is 1.59 bits per heavy atom. The highest BCUT2D eigenvalue weighted by molar-refractivity contribution is 9.10. The molecule has 1 rings (SSSR count). The van der Waals surface area contributed by atoms with Crippen molar-refractivity contribution in [1.29, 1.82) is 0 Å². The molecule has 0 atom stereocenters. The summed E-state index contributed by atoms with van der Waals surface area (Å²) in [6, 6.07) is 0.795. The van der Waals surface area contributed by atoms with Crippen molar-refractivity contribution in [3.63, 3.8) is 0 Å². The number of halogens is 8. The van der Waals surface area contributed by atoms with Gasteiger partial charge in [0.15, 0.2) is 0 Å². The second kappa shape index (κ2) is 6.05. The molecule has 0 unspecified atom stereocenters. The number of hydrogen-bond acceptors (Lipinski definition) is 1. The van der Waals surface area contributed by atoms with E-state index in [4.69, 9.17) is 0 Å². The number of anilines is 1. The van der Waals surface area contributed by atoms with Crippen molar-refractivity contribution in [3.05, 3.63) is 27.7 Å². The molecule has 0 fully saturated rings. The molecule has 2 nitrogen and oxygen atoms in total. The Morgan fingerprint density at radius 3 is 1.95 bits per heavy atom. The molecule has 1 N–H and O–H groups in total. The van der Waals surface area contributed by atoms with E-state index in [9.17, 15) is 35.5 Å². The van der Waals surface area contributed by atoms with Crippen LogP contribution in [0.25, 0.3) is 0 Å². The highest BCUT2D eigenvalue weighted by Crippen LogP contribution is 2.54. The molecule has 1 aromatic carbocycles. The van der Waals surface area contributed by atoms with E-state index in [1.807, 2.05) is 0 Å². The van der Waals surface area contributed by atoms with Gasteiger partial charge in [-0.05, 0) is 40.0 Å². The number of rotatable bonds is 4. The Kier molecular flexibility index (Phi) is 5.15. The quantitative estimate of drug-likeness (QED) is 0.571. The molecule has 0 saturated carbocycles. The number of carbonyl (C=O) groups excluding carboxylic acids is 1. The number of carbonyl (C=O) groups is 1. The lowest BCUT2D eigenvalue weighted by Gasteiger charge is -2.31. The zero-order valence-corrected chi connectivity index (χ0v) is 12.5. The topological polar surface area (TPSA) is 29.1 Å². The van der Waals surface area contributed by atoms with Gasteiger partial charge >= 0.3 is 18.0 Å². The summed E-state index contributed by atoms with van der Waals surface area (Å²) < 4.78 is 90.0. The van der Waals surface area contributed by atoms with E-state index in [1.165, 1.54) is 6.92 Å². The molecule has 1 aromatic rings. The average molecular weight is 396 g/mol. The fourth-order valence-electron chi connectivity index (χ4n) is 1.85. The minimum atomic E-state index is -6.19. The molecule has 1 amide bonds. The van der Waals surface area contributed by atoms with E-state index in [0.717, 1.165) is 0 Å². The summed E-state index contributed by atoms with van der Waals surface area (Å²) in [6.45, 7) is 1.43. The predicted octanol–water partition coefficient (Wildman–Crippen LogP) is 4.87. The Bertz CT molecular complexity index is 554. The van der Waals surface area contributed by atoms with Gasteiger partial charge in [0.1, 0.15) is 0 Å². The normalized spacial score (nSPS) is 13.1. The summed E-state index contributed by atoms with van der Waals surface area (Å²) in [6.07, 6.45) is -12.2. The zero-order chi connectivity index (χ0) is 17.3. The van der Waals surface area contributed by atoms with Gasteiger partial charge in [0, 0.05) is 10.0 Å². The lowest BCUT2D eigenvalue weighted by molar-refractivity contribution is -0.348. The number of amides is 1. The van der Waals surface area contributed by atoms with Crippen LogP contribution < -0.4 is 5.32 Å². The van der Waals surface area contributed by atoms with Crippen LogP contribution in [0.1, 0.15) is 18.1 Å². The molecule has 0 aromatic heterocycles. The number of alkyl halides is 7. The van der Waals surface area contributed by atoms with Gasteiger partial charge in [0.25, 0.3) is 0 Å². The highest BCUT2D eigenvalue weighted by atomic mass is 79.9. The lowest BCUT2D eigenvalue weighted by atomic mass is 9.91. The molecule has 0 saturated heterocycles. The Hall–Kier alpha value is -1.32. The van der Waals surface area contributed by atoms with Crippen molar-refractivity contribution in [2.75, 3.05) is 5.32 Å². The van der Waals surface area contributed by atoms with Gasteiger partial charge in [0.05, 0.1) is 5.69 Å². The summed E-state index contributed by atoms with van der Waals surface area (Å²) in [7, 11) is 0. The first-order valence-electron chi connectivity index (χ1n) is 5.75. The number of nitrogens with one attached hydrogen (secondary N) is 1. The van der Waals surface area contributed by atoms with Crippen LogP contribution in [-0.2, 0) is 16.9 Å². The SMILES string of the molecule is CCc1cc(C(F)(C(F)(F)F)C(F)(F)F)cc(Br)c1NC=O. The molecular formula is C12H9BrF7NO. The van der Waals surface area contributed by atoms with Crippen LogP contribution >= 0.6 is 15.9 Å². The Balaban J connectivity index is 3.66. The number of benzene rings is 1. The summed E-state index contributed by atoms with van der Waals surface area (Å²) in [5.41, 5.74) is -7.21. The molecule has 0 spiro atoms. The van der Waals surface area contributed by atoms with Crippen LogP contribution in [0, 0.1) is 0 Å². The van der Waals surface area contributed by atoms with E-state index >= 15 is 0 Å². The number of aryl methyl sites for hydroxylation is 1. The van der Waals surface area contributed by atoms with Gasteiger partial charge in [-0.2, -0.15) is 26.3 Å². The van der Waals surface area contributed by atoms with E-state index < -0.39 is 23.6 Å². The van der Waals surface area contributed by atoms with Crippen molar-refractivity contribution >= 4 is 28.0 Å². The second-order valence-electron chi connectivity index (χ2n) is 4.26. The Labute approximate surface area is 128 Å². The monoisotopic (exact) mass is 395 g/mol. The third-order valence-corrected chi connectivity index (χ3v) is 3.56. The smallest absolute Gasteiger partial charge is 0.327 e. The minimum absolute atomic E-state index is 0.0194. The molecule has 0 radical (unpaired) electrons. The molecule has 124 valence electrons. The van der Waals surface area contributed by atoms with Gasteiger partial charge in [-0.15, -0.1) is 0 Å². The van der Waals surface area contributed by atoms with Crippen molar-refractivity contribution in [1.82, 2.24) is 0 Å². The maximum absolute atomic E-state index is 14.0. The van der Waals surface area contributed by atoms with Crippen molar-refractivity contribution < 1.29 is 35.5 Å². The van der Waals surface area contributed by atoms with Gasteiger partial charge in [-0.3, -0.25) is 4.79 Å². The van der Waals surface area contributed by atoms with Gasteiger partial charge in [0.2, 0.25) is 6.41 Å². The molecule has 10 heteroatoms. The van der Waals surface area contributed by atoms with Gasteiger partial charge < -0.3 is 5.32 Å². The maximum atomic E-state index is 14.0. The zero-order valence-electron chi connectivity index (χ0n) is 10.9. The highest BCUT2D eigenvalue weighted by Gasteiger charge is 2.73. The van der Waals surface area contributed by atoms with Crippen molar-refractivity contribution in [2.24, 2.45) is 0 Å². The van der Waals surface area contributed by atoms with Gasteiger partial charge in [-0.25, -0.2) is 4.39 Å². The van der Waals surface area contributed by atoms with Crippen LogP contribution in [0.3, 0.4) is 0 Å². The van der Waals surface area contributed by atoms with Crippen LogP contribution in [0.2, 0.25) is 0 Å². The average Bonchev–Trinajstić information content (AvgIpc) is 2.37. The summed E-state index contributed by atoms with van der Waals surface area (Å²) >= 11 is 2.74. The molecule has 0 bridgehead atoms. The van der Waals surface area contributed by atoms with Crippen LogP contribution in [0.4, 0.5) is 36.4 Å². The standard InChI is InChI=1S/C12H9BrF7NO/c1-2-6-3-7(4-8(13)9(6)21-5-22)10(14,11(15,16)17)12(18,19)20/h3-5H,2H2,1H3,(H,21,22). The summed E-state index contributed by atoms with van der Waals surface area (Å²) in [5, 5.41) is 2.14. The van der Waals surface area contributed by atoms with Crippen LogP contribution in [0.15, 0.2) is 16.6 Å². The molecule has 0 heterocycles. The first kappa shape index (κ1) is 18.7. The third kappa shape index (κ3) is 3.06. The van der Waals surface area contributed by atoms with E-state index in [2.05, 4.69) is 21.2 Å². The van der Waals surface area contributed by atoms with Crippen molar-refractivity contribution in [2.45, 2.75) is 31.4 Å². The molecular weight excluding hydrogens is 387 g/mol. The lowest BCUT2D eigenvalue weighted by Crippen LogP contribution is -2.50. The van der Waals surface area contributed by atoms with Crippen LogP contribution in [0.5, 0.6) is 0 Å². The van der Waals surface area contributed by atoms with Crippen LogP contribution in [-0.4, -0.2) is 18.8 Å². The summed E-state index contributed by atoms with van der Waals surface area (Å²) in [4.78, 5) is 10.4. The molecule has 22 heavy (non-hydrogen) atoms. The number of hydrogen-bond donors (Lipinski definition) is 1. The second-order valence-corrected chi connectivity index (χ2v) is 5.12. The largest absolute Gasteiger partial charge is 0.435 e. The van der Waals surface area contributed by atoms with Gasteiger partial charge in [-0.1, -0.05) is 6.92 Å². The molecule has 0 aliphatic carbocycles. The fourth-order valence-corrected chi connectivity index (χ4v) is 2.47. The maximum Gasteiger partial charge on any atom is 0.435 e. The molecule has 0 aliphatic rings. The van der Waals surface area contributed by atoms with E-state index in [1.54, 1.807) is 0 Å². The summed E-state index contributed by atoms with van der Waals surface area (Å²) in [5.74, 6) is 0. The van der Waals surface area contributed by atoms with E-state index in [0.29, 0.717) is 12.1 Å². The Morgan fingerprint density at radius 1 is 1.09 bits per heavy atom. The predicted molar refractivity (Wildman–Crippen MR) is 68.1 cm³/mol. The first-order valence-corrected chi connectivity index (χ1v) is 6.54. The molecule has 0 aliphatic heterocycles. The first-order chi connectivity index (χ1) is 9.90.